The molecule has 3 rings (SSSR count). The maximum absolute atomic E-state index is 11.6. The molecule has 1 heterocycles. The standard InChI is InChI=1S/C20H23N2O2.ClH/c1-22(2,14-6-13-21-19(23)11-12-20(21)24)15-17-9-5-8-16-7-3-4-10-18(16)17;/h3-5,7-12H,6,13-15H2,1-2H3;1H/q+1;/p-1. The Morgan fingerprint density at radius 1 is 0.920 bits per heavy atom. The van der Waals surface area contributed by atoms with Crippen molar-refractivity contribution in [3.8, 4) is 0 Å². The van der Waals surface area contributed by atoms with Crippen molar-refractivity contribution >= 4 is 22.6 Å². The van der Waals surface area contributed by atoms with E-state index in [9.17, 15) is 9.59 Å². The van der Waals surface area contributed by atoms with Crippen molar-refractivity contribution in [2.24, 2.45) is 0 Å². The minimum Gasteiger partial charge on any atom is -1.00 e. The van der Waals surface area contributed by atoms with Gasteiger partial charge in [0.2, 0.25) is 0 Å². The molecule has 0 unspecified atom stereocenters. The molecule has 0 radical (unpaired) electrons. The van der Waals surface area contributed by atoms with Crippen LogP contribution >= 0.6 is 0 Å². The first-order valence-electron chi connectivity index (χ1n) is 8.28. The molecular formula is C20H23ClN2O2. The van der Waals surface area contributed by atoms with Crippen molar-refractivity contribution < 1.29 is 26.5 Å². The zero-order chi connectivity index (χ0) is 17.2. The van der Waals surface area contributed by atoms with Crippen molar-refractivity contribution in [3.05, 3.63) is 60.2 Å². The van der Waals surface area contributed by atoms with Crippen LogP contribution in [0.15, 0.2) is 54.6 Å². The van der Waals surface area contributed by atoms with Gasteiger partial charge in [0.15, 0.2) is 0 Å². The number of benzene rings is 2. The SMILES string of the molecule is C[N+](C)(CCCN1C(=O)C=CC1=O)Cc1cccc2ccccc12.[Cl-]. The fraction of sp³-hybridized carbons (Fsp3) is 0.300. The molecule has 0 aromatic heterocycles. The van der Waals surface area contributed by atoms with E-state index in [2.05, 4.69) is 56.6 Å². The van der Waals surface area contributed by atoms with Crippen LogP contribution in [0.1, 0.15) is 12.0 Å². The lowest BCUT2D eigenvalue weighted by Gasteiger charge is -2.31. The van der Waals surface area contributed by atoms with Gasteiger partial charge in [-0.25, -0.2) is 0 Å². The second-order valence-electron chi connectivity index (χ2n) is 6.97. The third kappa shape index (κ3) is 4.47. The van der Waals surface area contributed by atoms with Gasteiger partial charge in [-0.05, 0) is 10.8 Å². The molecule has 25 heavy (non-hydrogen) atoms. The predicted molar refractivity (Wildman–Crippen MR) is 95.1 cm³/mol. The Hall–Kier alpha value is -2.17. The molecule has 132 valence electrons. The van der Waals surface area contributed by atoms with Gasteiger partial charge >= 0.3 is 0 Å². The molecule has 0 saturated heterocycles. The summed E-state index contributed by atoms with van der Waals surface area (Å²) in [6.07, 6.45) is 3.49. The summed E-state index contributed by atoms with van der Waals surface area (Å²) in [6.45, 7) is 2.31. The summed E-state index contributed by atoms with van der Waals surface area (Å²) in [6, 6.07) is 14.9. The van der Waals surface area contributed by atoms with E-state index in [1.54, 1.807) is 0 Å². The highest BCUT2D eigenvalue weighted by molar-refractivity contribution is 6.12. The van der Waals surface area contributed by atoms with E-state index in [0.29, 0.717) is 6.54 Å². The molecule has 0 saturated carbocycles. The number of carbonyl (C=O) groups excluding carboxylic acids is 2. The number of imide groups is 1. The topological polar surface area (TPSA) is 37.4 Å². The zero-order valence-corrected chi connectivity index (χ0v) is 15.4. The van der Waals surface area contributed by atoms with Gasteiger partial charge in [-0.2, -0.15) is 0 Å². The molecule has 1 aliphatic rings. The molecular weight excluding hydrogens is 336 g/mol. The molecule has 0 bridgehead atoms. The Bertz CT molecular complexity index is 791. The number of carbonyl (C=O) groups is 2. The van der Waals surface area contributed by atoms with Crippen LogP contribution in [0.4, 0.5) is 0 Å². The molecule has 2 aromatic rings. The summed E-state index contributed by atoms with van der Waals surface area (Å²) >= 11 is 0. The quantitative estimate of drug-likeness (QED) is 0.527. The average Bonchev–Trinajstić information content (AvgIpc) is 2.87. The Morgan fingerprint density at radius 2 is 1.56 bits per heavy atom. The van der Waals surface area contributed by atoms with Gasteiger partial charge in [0.25, 0.3) is 11.8 Å². The highest BCUT2D eigenvalue weighted by atomic mass is 35.5. The first-order chi connectivity index (χ1) is 11.5. The highest BCUT2D eigenvalue weighted by Gasteiger charge is 2.24. The van der Waals surface area contributed by atoms with Gasteiger partial charge in [0.05, 0.1) is 20.6 Å². The summed E-state index contributed by atoms with van der Waals surface area (Å²) in [7, 11) is 4.38. The highest BCUT2D eigenvalue weighted by Crippen LogP contribution is 2.21. The zero-order valence-electron chi connectivity index (χ0n) is 14.6. The second-order valence-corrected chi connectivity index (χ2v) is 6.97. The van der Waals surface area contributed by atoms with Crippen molar-refractivity contribution in [2.45, 2.75) is 13.0 Å². The number of nitrogens with zero attached hydrogens (tertiary/aromatic N) is 2. The molecule has 0 fully saturated rings. The third-order valence-corrected chi connectivity index (χ3v) is 4.52. The van der Waals surface area contributed by atoms with Crippen LogP contribution in [0.2, 0.25) is 0 Å². The van der Waals surface area contributed by atoms with Crippen LogP contribution in [0.3, 0.4) is 0 Å². The Balaban J connectivity index is 0.00000225. The smallest absolute Gasteiger partial charge is 0.253 e. The maximum Gasteiger partial charge on any atom is 0.253 e. The molecule has 2 amide bonds. The van der Waals surface area contributed by atoms with Crippen LogP contribution in [0.25, 0.3) is 10.8 Å². The first-order valence-corrected chi connectivity index (χ1v) is 8.28. The van der Waals surface area contributed by atoms with E-state index in [4.69, 9.17) is 0 Å². The van der Waals surface area contributed by atoms with Crippen LogP contribution in [-0.2, 0) is 16.1 Å². The second kappa shape index (κ2) is 7.81. The lowest BCUT2D eigenvalue weighted by Crippen LogP contribution is -3.00. The molecule has 5 heteroatoms. The minimum atomic E-state index is -0.195. The fourth-order valence-corrected chi connectivity index (χ4v) is 3.28. The molecule has 4 nitrogen and oxygen atoms in total. The number of rotatable bonds is 6. The number of halogens is 1. The Labute approximate surface area is 154 Å². The molecule has 1 aliphatic heterocycles. The van der Waals surface area contributed by atoms with Crippen molar-refractivity contribution in [1.29, 1.82) is 0 Å². The first kappa shape index (κ1) is 19.2. The molecule has 0 N–H and O–H groups in total. The lowest BCUT2D eigenvalue weighted by molar-refractivity contribution is -0.903. The van der Waals surface area contributed by atoms with E-state index in [1.165, 1.54) is 33.4 Å². The summed E-state index contributed by atoms with van der Waals surface area (Å²) < 4.78 is 0.817. The summed E-state index contributed by atoms with van der Waals surface area (Å²) in [4.78, 5) is 24.5. The summed E-state index contributed by atoms with van der Waals surface area (Å²) in [5.41, 5.74) is 1.33. The van der Waals surface area contributed by atoms with E-state index in [1.807, 2.05) is 0 Å². The van der Waals surface area contributed by atoms with Gasteiger partial charge in [0, 0.05) is 30.7 Å². The van der Waals surface area contributed by atoms with Crippen LogP contribution in [0, 0.1) is 0 Å². The largest absolute Gasteiger partial charge is 1.00 e. The number of amides is 2. The van der Waals surface area contributed by atoms with Crippen LogP contribution in [0.5, 0.6) is 0 Å². The van der Waals surface area contributed by atoms with Gasteiger partial charge in [-0.15, -0.1) is 0 Å². The number of hydrogen-bond acceptors (Lipinski definition) is 2. The van der Waals surface area contributed by atoms with Gasteiger partial charge < -0.3 is 16.9 Å². The minimum absolute atomic E-state index is 0. The van der Waals surface area contributed by atoms with Crippen molar-refractivity contribution in [2.75, 3.05) is 27.2 Å². The van der Waals surface area contributed by atoms with Crippen LogP contribution in [-0.4, -0.2) is 48.4 Å². The third-order valence-electron chi connectivity index (χ3n) is 4.52. The van der Waals surface area contributed by atoms with Crippen LogP contribution < -0.4 is 12.4 Å². The van der Waals surface area contributed by atoms with Gasteiger partial charge in [0.1, 0.15) is 6.54 Å². The molecule has 0 atom stereocenters. The fourth-order valence-electron chi connectivity index (χ4n) is 3.28. The van der Waals surface area contributed by atoms with E-state index in [-0.39, 0.29) is 24.2 Å². The summed E-state index contributed by atoms with van der Waals surface area (Å²) in [5, 5.41) is 2.55. The Morgan fingerprint density at radius 3 is 2.28 bits per heavy atom. The monoisotopic (exact) mass is 358 g/mol. The normalized spacial score (nSPS) is 14.2. The lowest BCUT2D eigenvalue weighted by atomic mass is 10.0. The predicted octanol–water partition coefficient (Wildman–Crippen LogP) is -0.265. The van der Waals surface area contributed by atoms with Crippen molar-refractivity contribution in [3.63, 3.8) is 0 Å². The van der Waals surface area contributed by atoms with Crippen molar-refractivity contribution in [1.82, 2.24) is 4.90 Å². The van der Waals surface area contributed by atoms with E-state index < -0.39 is 0 Å². The van der Waals surface area contributed by atoms with Gasteiger partial charge in [-0.3, -0.25) is 14.5 Å². The van der Waals surface area contributed by atoms with E-state index in [0.717, 1.165) is 24.0 Å². The molecule has 0 aliphatic carbocycles. The molecule has 2 aromatic carbocycles. The number of fused-ring (bicyclic) bond motifs is 1. The number of quaternary nitrogens is 1. The van der Waals surface area contributed by atoms with E-state index >= 15 is 0 Å². The van der Waals surface area contributed by atoms with Gasteiger partial charge in [-0.1, -0.05) is 42.5 Å². The molecule has 0 spiro atoms. The summed E-state index contributed by atoms with van der Waals surface area (Å²) in [5.74, 6) is -0.390. The maximum atomic E-state index is 11.6. The Kier molecular flexibility index (Phi) is 5.98. The average molecular weight is 359 g/mol. The number of hydrogen-bond donors (Lipinski definition) is 0.